The summed E-state index contributed by atoms with van der Waals surface area (Å²) in [5.74, 6) is 0.299. The van der Waals surface area contributed by atoms with Crippen LogP contribution in [0, 0.1) is 0 Å². The van der Waals surface area contributed by atoms with Gasteiger partial charge in [0.25, 0.3) is 5.91 Å². The topological polar surface area (TPSA) is 103 Å². The van der Waals surface area contributed by atoms with E-state index in [1.165, 1.54) is 7.11 Å². The summed E-state index contributed by atoms with van der Waals surface area (Å²) in [7, 11) is 1.53. The first-order chi connectivity index (χ1) is 10.5. The number of likely N-dealkylation sites (N-methyl/N-ethyl adjacent to an activating group) is 1. The molecule has 1 aromatic carbocycles. The van der Waals surface area contributed by atoms with Gasteiger partial charge >= 0.3 is 0 Å². The Morgan fingerprint density at radius 3 is 2.68 bits per heavy atom. The first-order valence-electron chi connectivity index (χ1n) is 7.13. The number of benzene rings is 1. The average molecular weight is 309 g/mol. The van der Waals surface area contributed by atoms with Gasteiger partial charge in [0.1, 0.15) is 24.1 Å². The summed E-state index contributed by atoms with van der Waals surface area (Å²) in [6, 6.07) is 4.21. The van der Waals surface area contributed by atoms with Gasteiger partial charge in [-0.05, 0) is 26.0 Å². The van der Waals surface area contributed by atoms with Gasteiger partial charge < -0.3 is 25.8 Å². The number of methoxy groups -OCH3 is 1. The van der Waals surface area contributed by atoms with E-state index in [0.717, 1.165) is 0 Å². The van der Waals surface area contributed by atoms with E-state index in [1.807, 2.05) is 6.92 Å². The van der Waals surface area contributed by atoms with E-state index in [9.17, 15) is 9.59 Å². The number of carbonyl (C=O) groups is 2. The van der Waals surface area contributed by atoms with Crippen molar-refractivity contribution in [3.05, 3.63) is 23.8 Å². The second-order valence-electron chi connectivity index (χ2n) is 4.59. The molecule has 122 valence electrons. The molecule has 0 radical (unpaired) electrons. The summed E-state index contributed by atoms with van der Waals surface area (Å²) in [5.41, 5.74) is 5.74. The summed E-state index contributed by atoms with van der Waals surface area (Å²) < 4.78 is 10.6. The van der Waals surface area contributed by atoms with Crippen molar-refractivity contribution in [1.29, 1.82) is 0 Å². The number of carbonyl (C=O) groups excluding carboxylic acids is 2. The van der Waals surface area contributed by atoms with E-state index in [1.54, 1.807) is 25.1 Å². The molecule has 4 N–H and O–H groups in total. The molecule has 0 heterocycles. The second-order valence-corrected chi connectivity index (χ2v) is 4.59. The van der Waals surface area contributed by atoms with Gasteiger partial charge in [-0.3, -0.25) is 9.59 Å². The van der Waals surface area contributed by atoms with Gasteiger partial charge in [0.15, 0.2) is 0 Å². The molecule has 7 heteroatoms. The molecule has 1 rings (SSSR count). The third kappa shape index (κ3) is 4.92. The van der Waals surface area contributed by atoms with Crippen LogP contribution in [0.15, 0.2) is 18.2 Å². The van der Waals surface area contributed by atoms with Crippen LogP contribution in [0.25, 0.3) is 0 Å². The molecule has 0 aliphatic heterocycles. The third-order valence-corrected chi connectivity index (χ3v) is 2.90. The van der Waals surface area contributed by atoms with Gasteiger partial charge in [-0.15, -0.1) is 0 Å². The van der Waals surface area contributed by atoms with Crippen LogP contribution >= 0.6 is 0 Å². The highest BCUT2D eigenvalue weighted by Gasteiger charge is 2.19. The maximum absolute atomic E-state index is 12.3. The van der Waals surface area contributed by atoms with Gasteiger partial charge in [-0.1, -0.05) is 0 Å². The molecular formula is C15H23N3O4. The van der Waals surface area contributed by atoms with E-state index < -0.39 is 11.9 Å². The number of hydrogen-bond acceptors (Lipinski definition) is 5. The summed E-state index contributed by atoms with van der Waals surface area (Å²) in [6.07, 6.45) is 0. The molecule has 0 unspecified atom stereocenters. The Bertz CT molecular complexity index is 520. The molecule has 0 aliphatic carbocycles. The number of ether oxygens (including phenoxy) is 2. The zero-order valence-electron chi connectivity index (χ0n) is 13.1. The summed E-state index contributed by atoms with van der Waals surface area (Å²) >= 11 is 0. The maximum Gasteiger partial charge on any atom is 0.255 e. The monoisotopic (exact) mass is 309 g/mol. The zero-order valence-corrected chi connectivity index (χ0v) is 13.1. The van der Waals surface area contributed by atoms with Crippen molar-refractivity contribution in [2.24, 2.45) is 5.73 Å². The van der Waals surface area contributed by atoms with E-state index in [4.69, 9.17) is 15.2 Å². The predicted octanol–water partition coefficient (Wildman–Crippen LogP) is 0.287. The minimum atomic E-state index is -0.642. The fourth-order valence-corrected chi connectivity index (χ4v) is 1.77. The molecule has 22 heavy (non-hydrogen) atoms. The smallest absolute Gasteiger partial charge is 0.255 e. The summed E-state index contributed by atoms with van der Waals surface area (Å²) in [5, 5.41) is 5.28. The fraction of sp³-hybridized carbons (Fsp3) is 0.467. The molecular weight excluding hydrogens is 286 g/mol. The predicted molar refractivity (Wildman–Crippen MR) is 83.2 cm³/mol. The standard InChI is InChI=1S/C15H23N3O4/c1-4-17-14(19)10(2)18-15(20)12-6-5-11(21-3)9-13(12)22-8-7-16/h5-6,9-10H,4,7-8,16H2,1-3H3,(H,17,19)(H,18,20)/t10-/m0/s1. The fourth-order valence-electron chi connectivity index (χ4n) is 1.77. The quantitative estimate of drug-likeness (QED) is 0.640. The first-order valence-corrected chi connectivity index (χ1v) is 7.13. The number of nitrogens with two attached hydrogens (primary N) is 1. The highest BCUT2D eigenvalue weighted by Crippen LogP contribution is 2.24. The minimum Gasteiger partial charge on any atom is -0.497 e. The Labute approximate surface area is 130 Å². The highest BCUT2D eigenvalue weighted by atomic mass is 16.5. The maximum atomic E-state index is 12.3. The van der Waals surface area contributed by atoms with E-state index in [2.05, 4.69) is 10.6 Å². The molecule has 0 saturated carbocycles. The van der Waals surface area contributed by atoms with Crippen LogP contribution in [0.1, 0.15) is 24.2 Å². The van der Waals surface area contributed by atoms with Crippen molar-refractivity contribution in [1.82, 2.24) is 10.6 Å². The van der Waals surface area contributed by atoms with Gasteiger partial charge in [-0.25, -0.2) is 0 Å². The molecule has 0 spiro atoms. The Balaban J connectivity index is 2.89. The van der Waals surface area contributed by atoms with Crippen LogP contribution in [-0.4, -0.2) is 44.7 Å². The summed E-state index contributed by atoms with van der Waals surface area (Å²) in [6.45, 7) is 4.54. The Morgan fingerprint density at radius 1 is 1.36 bits per heavy atom. The van der Waals surface area contributed by atoms with Crippen molar-refractivity contribution >= 4 is 11.8 Å². The minimum absolute atomic E-state index is 0.242. The number of hydrogen-bond donors (Lipinski definition) is 3. The Hall–Kier alpha value is -2.28. The molecule has 2 amide bonds. The first kappa shape index (κ1) is 17.8. The van der Waals surface area contributed by atoms with Crippen molar-refractivity contribution < 1.29 is 19.1 Å². The number of rotatable bonds is 8. The molecule has 0 fully saturated rings. The Kier molecular flexibility index (Phi) is 7.18. The van der Waals surface area contributed by atoms with Crippen molar-refractivity contribution in [3.63, 3.8) is 0 Å². The molecule has 0 bridgehead atoms. The van der Waals surface area contributed by atoms with E-state index in [-0.39, 0.29) is 12.5 Å². The SMILES string of the molecule is CCNC(=O)[C@H](C)NC(=O)c1ccc(OC)cc1OCCN. The molecule has 1 atom stereocenters. The Morgan fingerprint density at radius 2 is 2.09 bits per heavy atom. The van der Waals surface area contributed by atoms with Crippen molar-refractivity contribution in [2.75, 3.05) is 26.8 Å². The van der Waals surface area contributed by atoms with Gasteiger partial charge in [0.2, 0.25) is 5.91 Å². The largest absolute Gasteiger partial charge is 0.497 e. The molecule has 7 nitrogen and oxygen atoms in total. The molecule has 0 saturated heterocycles. The van der Waals surface area contributed by atoms with E-state index in [0.29, 0.717) is 30.2 Å². The lowest BCUT2D eigenvalue weighted by molar-refractivity contribution is -0.122. The van der Waals surface area contributed by atoms with E-state index >= 15 is 0 Å². The molecule has 1 aromatic rings. The van der Waals surface area contributed by atoms with Gasteiger partial charge in [0, 0.05) is 19.2 Å². The third-order valence-electron chi connectivity index (χ3n) is 2.90. The second kappa shape index (κ2) is 8.89. The number of nitrogens with one attached hydrogen (secondary N) is 2. The van der Waals surface area contributed by atoms with Crippen LogP contribution in [0.3, 0.4) is 0 Å². The zero-order chi connectivity index (χ0) is 16.5. The van der Waals surface area contributed by atoms with Crippen molar-refractivity contribution in [2.45, 2.75) is 19.9 Å². The van der Waals surface area contributed by atoms with Crippen LogP contribution < -0.4 is 25.8 Å². The lowest BCUT2D eigenvalue weighted by Gasteiger charge is -2.16. The van der Waals surface area contributed by atoms with Crippen molar-refractivity contribution in [3.8, 4) is 11.5 Å². The molecule has 0 aromatic heterocycles. The van der Waals surface area contributed by atoms with Gasteiger partial charge in [0.05, 0.1) is 12.7 Å². The van der Waals surface area contributed by atoms with Crippen LogP contribution in [0.5, 0.6) is 11.5 Å². The van der Waals surface area contributed by atoms with Gasteiger partial charge in [-0.2, -0.15) is 0 Å². The highest BCUT2D eigenvalue weighted by molar-refractivity contribution is 5.99. The van der Waals surface area contributed by atoms with Crippen LogP contribution in [-0.2, 0) is 4.79 Å². The molecule has 0 aliphatic rings. The van der Waals surface area contributed by atoms with Crippen LogP contribution in [0.4, 0.5) is 0 Å². The lowest BCUT2D eigenvalue weighted by atomic mass is 10.1. The number of amides is 2. The lowest BCUT2D eigenvalue weighted by Crippen LogP contribution is -2.44. The normalized spacial score (nSPS) is 11.5. The summed E-state index contributed by atoms with van der Waals surface area (Å²) in [4.78, 5) is 24.0. The van der Waals surface area contributed by atoms with Crippen LogP contribution in [0.2, 0.25) is 0 Å². The average Bonchev–Trinajstić information content (AvgIpc) is 2.52.